The van der Waals surface area contributed by atoms with Crippen molar-refractivity contribution in [3.63, 3.8) is 0 Å². The van der Waals surface area contributed by atoms with E-state index in [0.29, 0.717) is 0 Å². The van der Waals surface area contributed by atoms with Crippen LogP contribution in [0.15, 0.2) is 12.7 Å². The van der Waals surface area contributed by atoms with E-state index in [0.717, 1.165) is 25.7 Å². The molecule has 0 saturated carbocycles. The number of ether oxygens (including phenoxy) is 2. The third-order valence-electron chi connectivity index (χ3n) is 2.42. The van der Waals surface area contributed by atoms with Gasteiger partial charge in [-0.05, 0) is 12.5 Å². The second-order valence-electron chi connectivity index (χ2n) is 3.65. The molecule has 4 heteroatoms. The predicted molar refractivity (Wildman–Crippen MR) is 64.1 cm³/mol. The van der Waals surface area contributed by atoms with Crippen molar-refractivity contribution < 1.29 is 14.3 Å². The monoisotopic (exact) mass is 229 g/mol. The molecule has 0 aromatic rings. The minimum absolute atomic E-state index is 0.118. The number of hydrogen-bond acceptors (Lipinski definition) is 3. The van der Waals surface area contributed by atoms with Crippen molar-refractivity contribution in [2.24, 2.45) is 0 Å². The maximum atomic E-state index is 11.3. The minimum Gasteiger partial charge on any atom is -0.354 e. The summed E-state index contributed by atoms with van der Waals surface area (Å²) in [7, 11) is 3.14. The lowest BCUT2D eigenvalue weighted by Gasteiger charge is -2.25. The van der Waals surface area contributed by atoms with Crippen molar-refractivity contribution >= 4 is 5.91 Å². The molecule has 94 valence electrons. The van der Waals surface area contributed by atoms with Crippen molar-refractivity contribution in [1.29, 1.82) is 0 Å². The van der Waals surface area contributed by atoms with Gasteiger partial charge in [-0.25, -0.2) is 0 Å². The highest BCUT2D eigenvalue weighted by atomic mass is 16.7. The topological polar surface area (TPSA) is 47.6 Å². The Morgan fingerprint density at radius 1 is 1.38 bits per heavy atom. The van der Waals surface area contributed by atoms with Crippen LogP contribution in [-0.2, 0) is 14.3 Å². The van der Waals surface area contributed by atoms with Gasteiger partial charge in [-0.3, -0.25) is 4.79 Å². The molecule has 0 rings (SSSR count). The Balaban J connectivity index is 4.24. The van der Waals surface area contributed by atoms with Crippen LogP contribution in [0.5, 0.6) is 0 Å². The van der Waals surface area contributed by atoms with E-state index in [4.69, 9.17) is 9.47 Å². The third-order valence-corrected chi connectivity index (χ3v) is 2.42. The molecule has 0 spiro atoms. The van der Waals surface area contributed by atoms with Gasteiger partial charge in [0, 0.05) is 14.2 Å². The zero-order chi connectivity index (χ0) is 12.4. The van der Waals surface area contributed by atoms with E-state index in [1.807, 2.05) is 0 Å². The van der Waals surface area contributed by atoms with E-state index in [1.165, 1.54) is 6.08 Å². The average Bonchev–Trinajstić information content (AvgIpc) is 2.30. The maximum Gasteiger partial charge on any atom is 0.243 e. The highest BCUT2D eigenvalue weighted by Gasteiger charge is 2.21. The molecule has 0 saturated heterocycles. The van der Waals surface area contributed by atoms with Gasteiger partial charge in [-0.1, -0.05) is 32.8 Å². The van der Waals surface area contributed by atoms with Crippen LogP contribution >= 0.6 is 0 Å². The fraction of sp³-hybridized carbons (Fsp3) is 0.750. The number of amides is 1. The first-order valence-electron chi connectivity index (χ1n) is 5.68. The number of carbonyl (C=O) groups is 1. The van der Waals surface area contributed by atoms with E-state index in [-0.39, 0.29) is 11.9 Å². The minimum atomic E-state index is -0.402. The molecule has 0 aromatic heterocycles. The highest BCUT2D eigenvalue weighted by molar-refractivity contribution is 5.87. The van der Waals surface area contributed by atoms with Gasteiger partial charge in [0.25, 0.3) is 0 Å². The number of methoxy groups -OCH3 is 2. The molecule has 0 aliphatic rings. The Hall–Kier alpha value is -0.870. The molecule has 1 atom stereocenters. The average molecular weight is 229 g/mol. The van der Waals surface area contributed by atoms with E-state index in [9.17, 15) is 4.79 Å². The third kappa shape index (κ3) is 5.88. The Morgan fingerprint density at radius 2 is 2.00 bits per heavy atom. The van der Waals surface area contributed by atoms with Crippen LogP contribution in [0, 0.1) is 0 Å². The number of carbonyl (C=O) groups excluding carboxylic acids is 1. The molecule has 0 radical (unpaired) electrons. The smallest absolute Gasteiger partial charge is 0.243 e. The molecular weight excluding hydrogens is 206 g/mol. The standard InChI is InChI=1S/C12H23NO3/c1-5-7-8-9-10(12(15-3)16-4)13-11(14)6-2/h6,10,12H,2,5,7-9H2,1,3-4H3,(H,13,14). The molecule has 0 aliphatic carbocycles. The second kappa shape index (κ2) is 9.36. The van der Waals surface area contributed by atoms with Crippen LogP contribution in [-0.4, -0.2) is 32.5 Å². The van der Waals surface area contributed by atoms with Crippen LogP contribution in [0.3, 0.4) is 0 Å². The summed E-state index contributed by atoms with van der Waals surface area (Å²) < 4.78 is 10.3. The first-order valence-corrected chi connectivity index (χ1v) is 5.68. The second-order valence-corrected chi connectivity index (χ2v) is 3.65. The van der Waals surface area contributed by atoms with E-state index < -0.39 is 6.29 Å². The fourth-order valence-electron chi connectivity index (χ4n) is 1.56. The molecular formula is C12H23NO3. The van der Waals surface area contributed by atoms with E-state index in [2.05, 4.69) is 18.8 Å². The number of unbranched alkanes of at least 4 members (excludes halogenated alkanes) is 2. The van der Waals surface area contributed by atoms with Crippen LogP contribution in [0.4, 0.5) is 0 Å². The van der Waals surface area contributed by atoms with Gasteiger partial charge in [-0.15, -0.1) is 0 Å². The Labute approximate surface area is 98.0 Å². The summed E-state index contributed by atoms with van der Waals surface area (Å²) in [5.74, 6) is -0.194. The van der Waals surface area contributed by atoms with E-state index in [1.54, 1.807) is 14.2 Å². The maximum absolute atomic E-state index is 11.3. The highest BCUT2D eigenvalue weighted by Crippen LogP contribution is 2.10. The largest absolute Gasteiger partial charge is 0.354 e. The molecule has 1 unspecified atom stereocenters. The lowest BCUT2D eigenvalue weighted by atomic mass is 10.1. The Morgan fingerprint density at radius 3 is 2.44 bits per heavy atom. The molecule has 0 bridgehead atoms. The van der Waals surface area contributed by atoms with Gasteiger partial charge >= 0.3 is 0 Å². The SMILES string of the molecule is C=CC(=O)NC(CCCCC)C(OC)OC. The number of hydrogen-bond donors (Lipinski definition) is 1. The lowest BCUT2D eigenvalue weighted by Crippen LogP contribution is -2.44. The summed E-state index contributed by atoms with van der Waals surface area (Å²) in [6.07, 6.45) is 5.03. The summed E-state index contributed by atoms with van der Waals surface area (Å²) in [5.41, 5.74) is 0. The molecule has 0 heterocycles. The van der Waals surface area contributed by atoms with Crippen LogP contribution in [0.2, 0.25) is 0 Å². The quantitative estimate of drug-likeness (QED) is 0.373. The van der Waals surface area contributed by atoms with Gasteiger partial charge in [0.05, 0.1) is 6.04 Å². The Bertz CT molecular complexity index is 202. The fourth-order valence-corrected chi connectivity index (χ4v) is 1.56. The zero-order valence-corrected chi connectivity index (χ0v) is 10.5. The van der Waals surface area contributed by atoms with Gasteiger partial charge in [0.2, 0.25) is 5.91 Å². The molecule has 16 heavy (non-hydrogen) atoms. The van der Waals surface area contributed by atoms with Crippen molar-refractivity contribution in [3.05, 3.63) is 12.7 Å². The number of rotatable bonds is 9. The summed E-state index contributed by atoms with van der Waals surface area (Å²) in [6.45, 7) is 5.57. The molecule has 0 aliphatic heterocycles. The van der Waals surface area contributed by atoms with Crippen LogP contribution < -0.4 is 5.32 Å². The Kier molecular flexibility index (Phi) is 8.85. The van der Waals surface area contributed by atoms with Gasteiger partial charge in [0.15, 0.2) is 6.29 Å². The van der Waals surface area contributed by atoms with Crippen molar-refractivity contribution in [2.45, 2.75) is 44.9 Å². The van der Waals surface area contributed by atoms with Crippen molar-refractivity contribution in [2.75, 3.05) is 14.2 Å². The molecule has 1 amide bonds. The number of nitrogens with one attached hydrogen (secondary N) is 1. The van der Waals surface area contributed by atoms with Crippen molar-refractivity contribution in [3.8, 4) is 0 Å². The lowest BCUT2D eigenvalue weighted by molar-refractivity contribution is -0.135. The van der Waals surface area contributed by atoms with Gasteiger partial charge < -0.3 is 14.8 Å². The summed E-state index contributed by atoms with van der Waals surface area (Å²) in [4.78, 5) is 11.3. The van der Waals surface area contributed by atoms with Gasteiger partial charge in [0.1, 0.15) is 0 Å². The predicted octanol–water partition coefficient (Wildman–Crippen LogP) is 1.86. The summed E-state index contributed by atoms with van der Waals surface area (Å²) >= 11 is 0. The molecule has 0 aromatic carbocycles. The summed E-state index contributed by atoms with van der Waals surface area (Å²) in [6, 6.07) is -0.118. The summed E-state index contributed by atoms with van der Waals surface area (Å²) in [5, 5.41) is 2.82. The van der Waals surface area contributed by atoms with Crippen LogP contribution in [0.1, 0.15) is 32.6 Å². The molecule has 4 nitrogen and oxygen atoms in total. The normalized spacial score (nSPS) is 12.5. The molecule has 1 N–H and O–H groups in total. The van der Waals surface area contributed by atoms with E-state index >= 15 is 0 Å². The first kappa shape index (κ1) is 15.1. The van der Waals surface area contributed by atoms with Crippen LogP contribution in [0.25, 0.3) is 0 Å². The van der Waals surface area contributed by atoms with Gasteiger partial charge in [-0.2, -0.15) is 0 Å². The van der Waals surface area contributed by atoms with Crippen molar-refractivity contribution in [1.82, 2.24) is 5.32 Å². The molecule has 0 fully saturated rings. The zero-order valence-electron chi connectivity index (χ0n) is 10.5. The first-order chi connectivity index (χ1) is 7.69.